The van der Waals surface area contributed by atoms with Crippen molar-refractivity contribution in [2.45, 2.75) is 45.6 Å². The van der Waals surface area contributed by atoms with Gasteiger partial charge in [0.2, 0.25) is 0 Å². The SMILES string of the molecule is C[C@@H]1OCc2c(sc(C#CCN(C)C)c2Cc2ccccc2)N2C1=NNC2(C)C. The van der Waals surface area contributed by atoms with Crippen molar-refractivity contribution in [2.24, 2.45) is 5.10 Å². The first kappa shape index (κ1) is 20.0. The summed E-state index contributed by atoms with van der Waals surface area (Å²) >= 11 is 1.76. The molecule has 1 N–H and O–H groups in total. The Labute approximate surface area is 177 Å². The fraction of sp³-hybridized carbons (Fsp3) is 0.435. The van der Waals surface area contributed by atoms with Gasteiger partial charge >= 0.3 is 0 Å². The summed E-state index contributed by atoms with van der Waals surface area (Å²) < 4.78 is 6.21. The second kappa shape index (κ2) is 7.83. The Morgan fingerprint density at radius 1 is 1.31 bits per heavy atom. The predicted molar refractivity (Wildman–Crippen MR) is 120 cm³/mol. The molecule has 2 aliphatic rings. The molecule has 0 aliphatic carbocycles. The summed E-state index contributed by atoms with van der Waals surface area (Å²) in [6, 6.07) is 10.6. The lowest BCUT2D eigenvalue weighted by Crippen LogP contribution is -2.51. The fourth-order valence-corrected chi connectivity index (χ4v) is 5.03. The summed E-state index contributed by atoms with van der Waals surface area (Å²) in [6.07, 6.45) is 0.793. The highest BCUT2D eigenvalue weighted by atomic mass is 32.1. The molecule has 0 spiro atoms. The summed E-state index contributed by atoms with van der Waals surface area (Å²) in [4.78, 5) is 5.52. The molecule has 2 aliphatic heterocycles. The van der Waals surface area contributed by atoms with E-state index in [0.29, 0.717) is 6.61 Å². The topological polar surface area (TPSA) is 40.1 Å². The quantitative estimate of drug-likeness (QED) is 0.788. The molecule has 1 atom stereocenters. The van der Waals surface area contributed by atoms with E-state index >= 15 is 0 Å². The van der Waals surface area contributed by atoms with Crippen LogP contribution < -0.4 is 10.3 Å². The monoisotopic (exact) mass is 408 g/mol. The van der Waals surface area contributed by atoms with Crippen molar-refractivity contribution in [1.29, 1.82) is 0 Å². The van der Waals surface area contributed by atoms with E-state index in [1.54, 1.807) is 11.3 Å². The zero-order chi connectivity index (χ0) is 20.6. The van der Waals surface area contributed by atoms with Gasteiger partial charge in [0.05, 0.1) is 18.0 Å². The minimum Gasteiger partial charge on any atom is -0.366 e. The standard InChI is InChI=1S/C23H28N4OS/c1-16-21-24-25-23(2,3)27(21)22-19(15-28-16)18(14-17-10-7-6-8-11-17)20(29-22)12-9-13-26(4)5/h6-8,10-11,16,25H,13-15H2,1-5H3/t16-/m0/s1. The van der Waals surface area contributed by atoms with Crippen LogP contribution in [-0.4, -0.2) is 43.1 Å². The summed E-state index contributed by atoms with van der Waals surface area (Å²) in [5.41, 5.74) is 6.78. The van der Waals surface area contributed by atoms with E-state index in [-0.39, 0.29) is 11.8 Å². The van der Waals surface area contributed by atoms with E-state index in [9.17, 15) is 0 Å². The molecule has 5 nitrogen and oxygen atoms in total. The first-order valence-corrected chi connectivity index (χ1v) is 10.8. The lowest BCUT2D eigenvalue weighted by molar-refractivity contribution is 0.0977. The van der Waals surface area contributed by atoms with Crippen molar-refractivity contribution in [1.82, 2.24) is 10.3 Å². The molecule has 152 valence electrons. The molecule has 0 saturated carbocycles. The van der Waals surface area contributed by atoms with E-state index in [1.165, 1.54) is 21.7 Å². The molecule has 0 amide bonds. The van der Waals surface area contributed by atoms with Gasteiger partial charge in [-0.1, -0.05) is 42.2 Å². The first-order chi connectivity index (χ1) is 13.9. The van der Waals surface area contributed by atoms with Crippen LogP contribution in [0.5, 0.6) is 0 Å². The van der Waals surface area contributed by atoms with E-state index in [0.717, 1.165) is 23.7 Å². The fourth-order valence-electron chi connectivity index (χ4n) is 3.68. The summed E-state index contributed by atoms with van der Waals surface area (Å²) in [5, 5.41) is 5.79. The van der Waals surface area contributed by atoms with E-state index in [2.05, 4.69) is 83.3 Å². The number of thiophene rings is 1. The second-order valence-corrected chi connectivity index (χ2v) is 9.32. The van der Waals surface area contributed by atoms with Crippen LogP contribution in [0.1, 0.15) is 42.3 Å². The summed E-state index contributed by atoms with van der Waals surface area (Å²) in [5.74, 6) is 7.71. The van der Waals surface area contributed by atoms with Gasteiger partial charge in [0, 0.05) is 5.56 Å². The Morgan fingerprint density at radius 2 is 2.07 bits per heavy atom. The molecule has 0 radical (unpaired) electrons. The molecule has 2 aromatic rings. The number of benzene rings is 1. The molecule has 1 aromatic heterocycles. The third-order valence-electron chi connectivity index (χ3n) is 5.19. The second-order valence-electron chi connectivity index (χ2n) is 8.32. The van der Waals surface area contributed by atoms with Gasteiger partial charge in [-0.05, 0) is 52.4 Å². The zero-order valence-corrected chi connectivity index (χ0v) is 18.6. The molecule has 0 bridgehead atoms. The number of anilines is 1. The Morgan fingerprint density at radius 3 is 2.79 bits per heavy atom. The van der Waals surface area contributed by atoms with Gasteiger partial charge in [0.15, 0.2) is 5.84 Å². The number of fused-ring (bicyclic) bond motifs is 3. The van der Waals surface area contributed by atoms with Crippen LogP contribution in [0.2, 0.25) is 0 Å². The van der Waals surface area contributed by atoms with Gasteiger partial charge < -0.3 is 4.74 Å². The number of hydrogen-bond donors (Lipinski definition) is 1. The number of amidine groups is 1. The predicted octanol–water partition coefficient (Wildman–Crippen LogP) is 3.63. The highest BCUT2D eigenvalue weighted by Crippen LogP contribution is 2.43. The van der Waals surface area contributed by atoms with Gasteiger partial charge in [-0.25, -0.2) is 0 Å². The normalized spacial score (nSPS) is 19.6. The summed E-state index contributed by atoms with van der Waals surface area (Å²) in [7, 11) is 4.08. The van der Waals surface area contributed by atoms with Gasteiger partial charge in [-0.15, -0.1) is 11.3 Å². The van der Waals surface area contributed by atoms with Crippen molar-refractivity contribution in [3.05, 3.63) is 51.9 Å². The Bertz CT molecular complexity index is 982. The first-order valence-electron chi connectivity index (χ1n) is 9.95. The smallest absolute Gasteiger partial charge is 0.160 e. The minimum absolute atomic E-state index is 0.0586. The van der Waals surface area contributed by atoms with Crippen molar-refractivity contribution < 1.29 is 4.74 Å². The van der Waals surface area contributed by atoms with Gasteiger partial charge in [-0.3, -0.25) is 15.2 Å². The highest BCUT2D eigenvalue weighted by molar-refractivity contribution is 7.17. The Hall–Kier alpha value is -2.33. The van der Waals surface area contributed by atoms with Crippen molar-refractivity contribution in [3.8, 4) is 11.8 Å². The van der Waals surface area contributed by atoms with Crippen LogP contribution in [0.4, 0.5) is 5.00 Å². The number of hydrazone groups is 1. The van der Waals surface area contributed by atoms with Gasteiger partial charge in [-0.2, -0.15) is 5.10 Å². The molecular formula is C23H28N4OS. The van der Waals surface area contributed by atoms with Crippen molar-refractivity contribution in [3.63, 3.8) is 0 Å². The van der Waals surface area contributed by atoms with Gasteiger partial charge in [0.1, 0.15) is 16.8 Å². The molecule has 0 fully saturated rings. The Kier molecular flexibility index (Phi) is 5.39. The molecule has 3 heterocycles. The average Bonchev–Trinajstić information content (AvgIpc) is 3.11. The third kappa shape index (κ3) is 3.91. The minimum atomic E-state index is -0.296. The Balaban J connectivity index is 1.83. The maximum absolute atomic E-state index is 6.21. The molecular weight excluding hydrogens is 380 g/mol. The maximum Gasteiger partial charge on any atom is 0.160 e. The number of ether oxygens (including phenoxy) is 1. The number of nitrogens with zero attached hydrogens (tertiary/aromatic N) is 3. The number of nitrogens with one attached hydrogen (secondary N) is 1. The molecule has 0 saturated heterocycles. The third-order valence-corrected chi connectivity index (χ3v) is 6.37. The number of rotatable bonds is 3. The average molecular weight is 409 g/mol. The molecule has 29 heavy (non-hydrogen) atoms. The van der Waals surface area contributed by atoms with Crippen LogP contribution in [-0.2, 0) is 17.8 Å². The van der Waals surface area contributed by atoms with Crippen LogP contribution in [0.25, 0.3) is 0 Å². The van der Waals surface area contributed by atoms with E-state index in [4.69, 9.17) is 4.74 Å². The summed E-state index contributed by atoms with van der Waals surface area (Å²) in [6.45, 7) is 7.69. The highest BCUT2D eigenvalue weighted by Gasteiger charge is 2.43. The van der Waals surface area contributed by atoms with Crippen molar-refractivity contribution in [2.75, 3.05) is 25.5 Å². The largest absolute Gasteiger partial charge is 0.366 e. The van der Waals surface area contributed by atoms with Crippen LogP contribution in [0.3, 0.4) is 0 Å². The van der Waals surface area contributed by atoms with Crippen molar-refractivity contribution >= 4 is 22.2 Å². The van der Waals surface area contributed by atoms with Crippen LogP contribution in [0, 0.1) is 11.8 Å². The van der Waals surface area contributed by atoms with Crippen LogP contribution in [0.15, 0.2) is 35.4 Å². The van der Waals surface area contributed by atoms with Crippen LogP contribution >= 0.6 is 11.3 Å². The molecule has 4 rings (SSSR count). The number of hydrogen-bond acceptors (Lipinski definition) is 6. The zero-order valence-electron chi connectivity index (χ0n) is 17.7. The van der Waals surface area contributed by atoms with E-state index < -0.39 is 0 Å². The van der Waals surface area contributed by atoms with Gasteiger partial charge in [0.25, 0.3) is 0 Å². The molecule has 1 aromatic carbocycles. The van der Waals surface area contributed by atoms with E-state index in [1.807, 2.05) is 14.1 Å². The lowest BCUT2D eigenvalue weighted by Gasteiger charge is -2.32. The molecule has 6 heteroatoms. The maximum atomic E-state index is 6.21. The molecule has 0 unspecified atom stereocenters. The lowest BCUT2D eigenvalue weighted by atomic mass is 10.0.